The smallest absolute Gasteiger partial charge is 0.293 e. The van der Waals surface area contributed by atoms with E-state index in [9.17, 15) is 9.59 Å². The largest absolute Gasteiger partial charge is 0.380 e. The Morgan fingerprint density at radius 3 is 2.60 bits per heavy atom. The Morgan fingerprint density at radius 1 is 1.30 bits per heavy atom. The van der Waals surface area contributed by atoms with Crippen molar-refractivity contribution < 1.29 is 14.3 Å². The van der Waals surface area contributed by atoms with Gasteiger partial charge in [0, 0.05) is 20.2 Å². The van der Waals surface area contributed by atoms with E-state index in [4.69, 9.17) is 10.5 Å². The standard InChI is InChI=1S/C14H16N2O3S/c1-19-9-11-4-2-10(3-5-11)8-12-13(17)16(7-6-15)14(18)20-12/h2-5,8H,6-7,9,15H2,1H3. The van der Waals surface area contributed by atoms with E-state index in [1.54, 1.807) is 13.2 Å². The van der Waals surface area contributed by atoms with Crippen LogP contribution in [0, 0.1) is 0 Å². The van der Waals surface area contributed by atoms with Crippen LogP contribution in [0.4, 0.5) is 4.79 Å². The van der Waals surface area contributed by atoms with Gasteiger partial charge >= 0.3 is 0 Å². The Labute approximate surface area is 121 Å². The van der Waals surface area contributed by atoms with Gasteiger partial charge in [0.05, 0.1) is 11.5 Å². The third-order valence-electron chi connectivity index (χ3n) is 2.81. The Bertz CT molecular complexity index is 540. The molecule has 1 heterocycles. The molecule has 0 spiro atoms. The predicted octanol–water partition coefficient (Wildman–Crippen LogP) is 1.83. The SMILES string of the molecule is COCc1ccc(C=C2SC(=O)N(CCN)C2=O)cc1. The molecule has 2 amide bonds. The van der Waals surface area contributed by atoms with Gasteiger partial charge in [-0.2, -0.15) is 0 Å². The van der Waals surface area contributed by atoms with Gasteiger partial charge in [0.2, 0.25) is 0 Å². The highest BCUT2D eigenvalue weighted by Crippen LogP contribution is 2.31. The fourth-order valence-electron chi connectivity index (χ4n) is 1.85. The number of carbonyl (C=O) groups is 2. The van der Waals surface area contributed by atoms with Crippen molar-refractivity contribution in [1.29, 1.82) is 0 Å². The number of ether oxygens (including phenoxy) is 1. The van der Waals surface area contributed by atoms with Crippen molar-refractivity contribution in [2.75, 3.05) is 20.2 Å². The first-order valence-electron chi connectivity index (χ1n) is 6.19. The number of nitrogens with two attached hydrogens (primary N) is 1. The summed E-state index contributed by atoms with van der Waals surface area (Å²) in [7, 11) is 1.64. The van der Waals surface area contributed by atoms with Gasteiger partial charge in [-0.15, -0.1) is 0 Å². The Morgan fingerprint density at radius 2 is 2.00 bits per heavy atom. The van der Waals surface area contributed by atoms with Crippen LogP contribution in [-0.4, -0.2) is 36.2 Å². The van der Waals surface area contributed by atoms with Gasteiger partial charge in [0.15, 0.2) is 0 Å². The highest BCUT2D eigenvalue weighted by Gasteiger charge is 2.34. The van der Waals surface area contributed by atoms with Crippen molar-refractivity contribution in [3.8, 4) is 0 Å². The molecule has 1 aliphatic heterocycles. The predicted molar refractivity (Wildman–Crippen MR) is 78.9 cm³/mol. The van der Waals surface area contributed by atoms with Gasteiger partial charge in [-0.1, -0.05) is 24.3 Å². The second-order valence-electron chi connectivity index (χ2n) is 4.30. The maximum atomic E-state index is 12.0. The molecule has 0 aromatic heterocycles. The third kappa shape index (κ3) is 3.27. The molecule has 2 rings (SSSR count). The minimum Gasteiger partial charge on any atom is -0.380 e. The Balaban J connectivity index is 2.15. The van der Waals surface area contributed by atoms with Crippen LogP contribution in [0.5, 0.6) is 0 Å². The lowest BCUT2D eigenvalue weighted by Crippen LogP contribution is -2.33. The third-order valence-corrected chi connectivity index (χ3v) is 3.72. The molecular weight excluding hydrogens is 276 g/mol. The van der Waals surface area contributed by atoms with Crippen molar-refractivity contribution in [2.24, 2.45) is 5.73 Å². The molecule has 20 heavy (non-hydrogen) atoms. The summed E-state index contributed by atoms with van der Waals surface area (Å²) in [6.07, 6.45) is 1.72. The molecule has 1 saturated heterocycles. The van der Waals surface area contributed by atoms with E-state index in [-0.39, 0.29) is 24.2 Å². The van der Waals surface area contributed by atoms with Crippen molar-refractivity contribution >= 4 is 29.0 Å². The van der Waals surface area contributed by atoms with Crippen LogP contribution in [0.2, 0.25) is 0 Å². The summed E-state index contributed by atoms with van der Waals surface area (Å²) in [6.45, 7) is 1.08. The van der Waals surface area contributed by atoms with E-state index in [0.29, 0.717) is 11.5 Å². The van der Waals surface area contributed by atoms with E-state index < -0.39 is 0 Å². The monoisotopic (exact) mass is 292 g/mol. The molecule has 106 valence electrons. The molecule has 1 aromatic carbocycles. The summed E-state index contributed by atoms with van der Waals surface area (Å²) >= 11 is 0.949. The van der Waals surface area contributed by atoms with E-state index in [0.717, 1.165) is 22.9 Å². The number of rotatable bonds is 5. The minimum atomic E-state index is -0.272. The minimum absolute atomic E-state index is 0.259. The van der Waals surface area contributed by atoms with Crippen molar-refractivity contribution in [3.05, 3.63) is 40.3 Å². The summed E-state index contributed by atoms with van der Waals surface area (Å²) in [6, 6.07) is 7.65. The molecule has 1 aliphatic rings. The molecule has 0 radical (unpaired) electrons. The molecule has 0 bridgehead atoms. The summed E-state index contributed by atoms with van der Waals surface area (Å²) in [4.78, 5) is 25.3. The van der Waals surface area contributed by atoms with E-state index in [1.807, 2.05) is 24.3 Å². The number of amides is 2. The first-order chi connectivity index (χ1) is 9.65. The average molecular weight is 292 g/mol. The number of benzene rings is 1. The maximum absolute atomic E-state index is 12.0. The zero-order valence-electron chi connectivity index (χ0n) is 11.2. The Kier molecular flexibility index (Phi) is 4.94. The van der Waals surface area contributed by atoms with E-state index in [1.165, 1.54) is 4.90 Å². The van der Waals surface area contributed by atoms with Crippen LogP contribution in [0.15, 0.2) is 29.2 Å². The quantitative estimate of drug-likeness (QED) is 0.838. The molecule has 0 aliphatic carbocycles. The van der Waals surface area contributed by atoms with Crippen LogP contribution in [-0.2, 0) is 16.1 Å². The van der Waals surface area contributed by atoms with Crippen LogP contribution in [0.3, 0.4) is 0 Å². The van der Waals surface area contributed by atoms with Crippen LogP contribution < -0.4 is 5.73 Å². The molecule has 1 aromatic rings. The van der Waals surface area contributed by atoms with Crippen LogP contribution >= 0.6 is 11.8 Å². The van der Waals surface area contributed by atoms with Gasteiger partial charge in [-0.25, -0.2) is 0 Å². The molecule has 0 atom stereocenters. The summed E-state index contributed by atoms with van der Waals surface area (Å²) in [5.41, 5.74) is 7.32. The van der Waals surface area contributed by atoms with Gasteiger partial charge in [0.1, 0.15) is 0 Å². The molecule has 2 N–H and O–H groups in total. The Hall–Kier alpha value is -1.63. The first-order valence-corrected chi connectivity index (χ1v) is 7.00. The number of hydrogen-bond donors (Lipinski definition) is 1. The van der Waals surface area contributed by atoms with E-state index >= 15 is 0 Å². The number of hydrogen-bond acceptors (Lipinski definition) is 5. The number of carbonyl (C=O) groups excluding carboxylic acids is 2. The zero-order chi connectivity index (χ0) is 14.5. The highest BCUT2D eigenvalue weighted by atomic mass is 32.2. The maximum Gasteiger partial charge on any atom is 0.293 e. The van der Waals surface area contributed by atoms with Crippen molar-refractivity contribution in [2.45, 2.75) is 6.61 Å². The first kappa shape index (κ1) is 14.8. The van der Waals surface area contributed by atoms with Crippen LogP contribution in [0.25, 0.3) is 6.08 Å². The van der Waals surface area contributed by atoms with Gasteiger partial charge in [0.25, 0.3) is 11.1 Å². The second kappa shape index (κ2) is 6.69. The summed E-state index contributed by atoms with van der Waals surface area (Å²) in [5, 5.41) is -0.261. The lowest BCUT2D eigenvalue weighted by molar-refractivity contribution is -0.122. The molecule has 5 nitrogen and oxygen atoms in total. The van der Waals surface area contributed by atoms with E-state index in [2.05, 4.69) is 0 Å². The summed E-state index contributed by atoms with van der Waals surface area (Å²) in [5.74, 6) is -0.272. The topological polar surface area (TPSA) is 72.6 Å². The lowest BCUT2D eigenvalue weighted by atomic mass is 10.1. The zero-order valence-corrected chi connectivity index (χ0v) is 12.0. The lowest BCUT2D eigenvalue weighted by Gasteiger charge is -2.09. The number of imide groups is 1. The number of thioether (sulfide) groups is 1. The average Bonchev–Trinajstić information content (AvgIpc) is 2.69. The second-order valence-corrected chi connectivity index (χ2v) is 5.29. The number of nitrogens with zero attached hydrogens (tertiary/aromatic N) is 1. The van der Waals surface area contributed by atoms with Gasteiger partial charge in [-0.05, 0) is 29.0 Å². The molecule has 6 heteroatoms. The highest BCUT2D eigenvalue weighted by molar-refractivity contribution is 8.18. The fraction of sp³-hybridized carbons (Fsp3) is 0.286. The molecule has 0 unspecified atom stereocenters. The van der Waals surface area contributed by atoms with Crippen molar-refractivity contribution in [3.63, 3.8) is 0 Å². The van der Waals surface area contributed by atoms with Crippen LogP contribution in [0.1, 0.15) is 11.1 Å². The van der Waals surface area contributed by atoms with Gasteiger partial charge < -0.3 is 10.5 Å². The normalized spacial score (nSPS) is 17.3. The molecule has 0 saturated carbocycles. The summed E-state index contributed by atoms with van der Waals surface area (Å²) < 4.78 is 5.04. The molecule has 1 fully saturated rings. The molecular formula is C14H16N2O3S. The fourth-order valence-corrected chi connectivity index (χ4v) is 2.72. The van der Waals surface area contributed by atoms with Gasteiger partial charge in [-0.3, -0.25) is 14.5 Å². The number of methoxy groups -OCH3 is 1. The van der Waals surface area contributed by atoms with Crippen molar-refractivity contribution in [1.82, 2.24) is 4.90 Å².